The van der Waals surface area contributed by atoms with E-state index in [0.29, 0.717) is 12.2 Å². The van der Waals surface area contributed by atoms with E-state index in [4.69, 9.17) is 5.11 Å². The summed E-state index contributed by atoms with van der Waals surface area (Å²) in [5.41, 5.74) is 4.62. The third-order valence-electron chi connectivity index (χ3n) is 3.05. The average molecular weight is 298 g/mol. The standard InChI is InChI=1S/C16H18N4O2/c1-20(10-11-21)14-7-5-13(6-8-14)12-18-19-16(22)15-4-2-3-9-17-15/h2-9,12,21H,10-11H2,1H3,(H,19,22)/b18-12-. The maximum absolute atomic E-state index is 11.7. The van der Waals surface area contributed by atoms with Crippen LogP contribution in [0.4, 0.5) is 5.69 Å². The van der Waals surface area contributed by atoms with E-state index in [0.717, 1.165) is 11.3 Å². The summed E-state index contributed by atoms with van der Waals surface area (Å²) >= 11 is 0. The van der Waals surface area contributed by atoms with Crippen LogP contribution in [0.15, 0.2) is 53.8 Å². The van der Waals surface area contributed by atoms with Gasteiger partial charge in [0.05, 0.1) is 12.8 Å². The Morgan fingerprint density at radius 2 is 2.09 bits per heavy atom. The second-order valence-corrected chi connectivity index (χ2v) is 4.65. The third-order valence-corrected chi connectivity index (χ3v) is 3.05. The molecule has 0 fully saturated rings. The first kappa shape index (κ1) is 15.7. The van der Waals surface area contributed by atoms with Crippen LogP contribution >= 0.6 is 0 Å². The third kappa shape index (κ3) is 4.39. The molecule has 0 saturated heterocycles. The average Bonchev–Trinajstić information content (AvgIpc) is 2.56. The zero-order valence-electron chi connectivity index (χ0n) is 12.3. The maximum atomic E-state index is 11.7. The summed E-state index contributed by atoms with van der Waals surface area (Å²) in [5.74, 6) is -0.351. The molecule has 1 amide bonds. The van der Waals surface area contributed by atoms with Gasteiger partial charge in [0.15, 0.2) is 0 Å². The van der Waals surface area contributed by atoms with E-state index in [9.17, 15) is 4.79 Å². The largest absolute Gasteiger partial charge is 0.395 e. The number of aliphatic hydroxyl groups is 1. The second-order valence-electron chi connectivity index (χ2n) is 4.65. The summed E-state index contributed by atoms with van der Waals surface area (Å²) < 4.78 is 0. The highest BCUT2D eigenvalue weighted by molar-refractivity contribution is 5.93. The van der Waals surface area contributed by atoms with Crippen LogP contribution in [0.2, 0.25) is 0 Å². The number of carbonyl (C=O) groups is 1. The first-order chi connectivity index (χ1) is 10.7. The van der Waals surface area contributed by atoms with E-state index >= 15 is 0 Å². The Hall–Kier alpha value is -2.73. The van der Waals surface area contributed by atoms with Gasteiger partial charge in [-0.1, -0.05) is 18.2 Å². The molecule has 0 bridgehead atoms. The van der Waals surface area contributed by atoms with Crippen molar-refractivity contribution in [2.45, 2.75) is 0 Å². The van der Waals surface area contributed by atoms with Crippen molar-refractivity contribution >= 4 is 17.8 Å². The number of amides is 1. The Morgan fingerprint density at radius 3 is 2.73 bits per heavy atom. The lowest BCUT2D eigenvalue weighted by Crippen LogP contribution is -2.21. The van der Waals surface area contributed by atoms with Crippen molar-refractivity contribution in [3.05, 3.63) is 59.9 Å². The SMILES string of the molecule is CN(CCO)c1ccc(/C=N\NC(=O)c2ccccn2)cc1. The lowest BCUT2D eigenvalue weighted by Gasteiger charge is -2.17. The number of nitrogens with one attached hydrogen (secondary N) is 1. The normalized spacial score (nSPS) is 10.6. The van der Waals surface area contributed by atoms with Crippen molar-refractivity contribution in [3.63, 3.8) is 0 Å². The Kier molecular flexibility index (Phi) is 5.62. The number of anilines is 1. The van der Waals surface area contributed by atoms with Crippen LogP contribution in [0, 0.1) is 0 Å². The van der Waals surface area contributed by atoms with Gasteiger partial charge < -0.3 is 10.0 Å². The molecule has 2 N–H and O–H groups in total. The molecule has 2 rings (SSSR count). The van der Waals surface area contributed by atoms with Crippen LogP contribution in [-0.4, -0.2) is 42.4 Å². The zero-order valence-corrected chi connectivity index (χ0v) is 12.3. The number of hydrogen-bond acceptors (Lipinski definition) is 5. The molecule has 1 aromatic heterocycles. The predicted molar refractivity (Wildman–Crippen MR) is 86.1 cm³/mol. The number of aromatic nitrogens is 1. The van der Waals surface area contributed by atoms with Gasteiger partial charge >= 0.3 is 0 Å². The minimum Gasteiger partial charge on any atom is -0.395 e. The summed E-state index contributed by atoms with van der Waals surface area (Å²) in [5, 5.41) is 12.8. The van der Waals surface area contributed by atoms with Crippen LogP contribution in [0.25, 0.3) is 0 Å². The molecule has 22 heavy (non-hydrogen) atoms. The van der Waals surface area contributed by atoms with Crippen LogP contribution in [-0.2, 0) is 0 Å². The molecule has 0 atom stereocenters. The van der Waals surface area contributed by atoms with Gasteiger partial charge in [-0.25, -0.2) is 5.43 Å². The molecule has 0 aliphatic carbocycles. The van der Waals surface area contributed by atoms with E-state index in [1.54, 1.807) is 30.6 Å². The van der Waals surface area contributed by atoms with Crippen LogP contribution < -0.4 is 10.3 Å². The lowest BCUT2D eigenvalue weighted by atomic mass is 10.2. The van der Waals surface area contributed by atoms with Gasteiger partial charge in [0, 0.05) is 25.5 Å². The van der Waals surface area contributed by atoms with Crippen LogP contribution in [0.5, 0.6) is 0 Å². The topological polar surface area (TPSA) is 77.8 Å². The Balaban J connectivity index is 1.92. The van der Waals surface area contributed by atoms with E-state index in [1.807, 2.05) is 36.2 Å². The maximum Gasteiger partial charge on any atom is 0.289 e. The van der Waals surface area contributed by atoms with Crippen molar-refractivity contribution < 1.29 is 9.90 Å². The summed E-state index contributed by atoms with van der Waals surface area (Å²) in [6.07, 6.45) is 3.12. The molecule has 1 aromatic carbocycles. The molecular formula is C16H18N4O2. The first-order valence-corrected chi connectivity index (χ1v) is 6.87. The van der Waals surface area contributed by atoms with Gasteiger partial charge in [-0.05, 0) is 29.8 Å². The second kappa shape index (κ2) is 7.90. The van der Waals surface area contributed by atoms with E-state index < -0.39 is 0 Å². The fraction of sp³-hybridized carbons (Fsp3) is 0.188. The van der Waals surface area contributed by atoms with E-state index in [2.05, 4.69) is 15.5 Å². The molecule has 0 aliphatic rings. The number of hydrogen-bond donors (Lipinski definition) is 2. The van der Waals surface area contributed by atoms with E-state index in [1.165, 1.54) is 0 Å². The van der Waals surface area contributed by atoms with Crippen molar-refractivity contribution in [3.8, 4) is 0 Å². The summed E-state index contributed by atoms with van der Waals surface area (Å²) in [4.78, 5) is 17.6. The van der Waals surface area contributed by atoms with Crippen molar-refractivity contribution in [2.75, 3.05) is 25.1 Å². The molecule has 0 unspecified atom stereocenters. The van der Waals surface area contributed by atoms with E-state index in [-0.39, 0.29) is 12.5 Å². The molecule has 6 nitrogen and oxygen atoms in total. The molecule has 6 heteroatoms. The van der Waals surface area contributed by atoms with Gasteiger partial charge in [-0.3, -0.25) is 9.78 Å². The first-order valence-electron chi connectivity index (χ1n) is 6.87. The van der Waals surface area contributed by atoms with Gasteiger partial charge in [-0.15, -0.1) is 0 Å². The van der Waals surface area contributed by atoms with Gasteiger partial charge in [0.1, 0.15) is 5.69 Å². The summed E-state index contributed by atoms with van der Waals surface area (Å²) in [6.45, 7) is 0.687. The molecule has 2 aromatic rings. The number of carbonyl (C=O) groups excluding carboxylic acids is 1. The fourth-order valence-electron chi connectivity index (χ4n) is 1.81. The molecule has 0 spiro atoms. The predicted octanol–water partition coefficient (Wildman–Crippen LogP) is 1.27. The van der Waals surface area contributed by atoms with Gasteiger partial charge in [-0.2, -0.15) is 5.10 Å². The molecule has 0 aliphatic heterocycles. The minimum atomic E-state index is -0.351. The minimum absolute atomic E-state index is 0.110. The van der Waals surface area contributed by atoms with Gasteiger partial charge in [0.2, 0.25) is 0 Å². The van der Waals surface area contributed by atoms with Crippen LogP contribution in [0.3, 0.4) is 0 Å². The number of hydrazone groups is 1. The van der Waals surface area contributed by atoms with Crippen molar-refractivity contribution in [2.24, 2.45) is 5.10 Å². The Labute approximate surface area is 129 Å². The number of aliphatic hydroxyl groups excluding tert-OH is 1. The monoisotopic (exact) mass is 298 g/mol. The lowest BCUT2D eigenvalue weighted by molar-refractivity contribution is 0.0950. The Morgan fingerprint density at radius 1 is 1.32 bits per heavy atom. The molecular weight excluding hydrogens is 280 g/mol. The number of rotatable bonds is 6. The van der Waals surface area contributed by atoms with Crippen molar-refractivity contribution in [1.29, 1.82) is 0 Å². The highest BCUT2D eigenvalue weighted by Gasteiger charge is 2.03. The summed E-state index contributed by atoms with van der Waals surface area (Å²) in [6, 6.07) is 12.7. The number of nitrogens with zero attached hydrogens (tertiary/aromatic N) is 3. The highest BCUT2D eigenvalue weighted by atomic mass is 16.3. The quantitative estimate of drug-likeness (QED) is 0.622. The van der Waals surface area contributed by atoms with Crippen LogP contribution in [0.1, 0.15) is 16.1 Å². The fourth-order valence-corrected chi connectivity index (χ4v) is 1.81. The number of pyridine rings is 1. The molecule has 0 saturated carbocycles. The summed E-state index contributed by atoms with van der Waals surface area (Å²) in [7, 11) is 1.91. The Bertz CT molecular complexity index is 626. The van der Waals surface area contributed by atoms with Gasteiger partial charge in [0.25, 0.3) is 5.91 Å². The number of likely N-dealkylation sites (N-methyl/N-ethyl adjacent to an activating group) is 1. The smallest absolute Gasteiger partial charge is 0.289 e. The molecule has 114 valence electrons. The number of benzene rings is 1. The van der Waals surface area contributed by atoms with Crippen molar-refractivity contribution in [1.82, 2.24) is 10.4 Å². The highest BCUT2D eigenvalue weighted by Crippen LogP contribution is 2.12. The molecule has 0 radical (unpaired) electrons. The zero-order chi connectivity index (χ0) is 15.8. The molecule has 1 heterocycles.